The molecule has 10 nitrogen and oxygen atoms in total. The largest absolute Gasteiger partial charge is 0.374 e. The van der Waals surface area contributed by atoms with E-state index in [0.29, 0.717) is 0 Å². The van der Waals surface area contributed by atoms with Gasteiger partial charge in [-0.1, -0.05) is 6.07 Å². The Labute approximate surface area is 107 Å². The Morgan fingerprint density at radius 3 is 2.63 bits per heavy atom. The lowest BCUT2D eigenvalue weighted by atomic mass is 10.3. The van der Waals surface area contributed by atoms with Gasteiger partial charge in [0.25, 0.3) is 10.2 Å². The summed E-state index contributed by atoms with van der Waals surface area (Å²) < 4.78 is 5.14. The first-order valence-corrected chi connectivity index (χ1v) is 5.13. The average molecular weight is 273 g/mol. The van der Waals surface area contributed by atoms with Crippen molar-refractivity contribution in [1.82, 2.24) is 4.98 Å². The molecule has 1 rings (SSSR count). The standard InChI is InChI=1S/C9H11N3O7/c13-11(14)18-7-9(19-12(15)16)6-17-5-8-2-1-3-10-4-8/h1-4,9H,5-7H2. The van der Waals surface area contributed by atoms with Crippen LogP contribution < -0.4 is 0 Å². The van der Waals surface area contributed by atoms with Gasteiger partial charge in [0.1, 0.15) is 6.61 Å². The van der Waals surface area contributed by atoms with Gasteiger partial charge in [-0.15, -0.1) is 20.2 Å². The van der Waals surface area contributed by atoms with Gasteiger partial charge >= 0.3 is 0 Å². The van der Waals surface area contributed by atoms with Crippen molar-refractivity contribution in [3.8, 4) is 0 Å². The molecule has 0 amide bonds. The molecule has 10 heteroatoms. The smallest absolute Gasteiger partial charge is 0.294 e. The van der Waals surface area contributed by atoms with Crippen LogP contribution >= 0.6 is 0 Å². The molecule has 0 aliphatic rings. The monoisotopic (exact) mass is 273 g/mol. The van der Waals surface area contributed by atoms with E-state index >= 15 is 0 Å². The highest BCUT2D eigenvalue weighted by Crippen LogP contribution is 2.01. The summed E-state index contributed by atoms with van der Waals surface area (Å²) in [5.74, 6) is 0. The van der Waals surface area contributed by atoms with E-state index in [1.54, 1.807) is 24.5 Å². The predicted molar refractivity (Wildman–Crippen MR) is 58.7 cm³/mol. The van der Waals surface area contributed by atoms with Crippen LogP contribution in [-0.4, -0.2) is 34.5 Å². The van der Waals surface area contributed by atoms with Crippen molar-refractivity contribution in [1.29, 1.82) is 0 Å². The zero-order chi connectivity index (χ0) is 14.1. The van der Waals surface area contributed by atoms with Crippen LogP contribution in [0.1, 0.15) is 5.56 Å². The van der Waals surface area contributed by atoms with Gasteiger partial charge in [0.05, 0.1) is 13.2 Å². The van der Waals surface area contributed by atoms with Crippen LogP contribution in [0.3, 0.4) is 0 Å². The molecule has 0 aromatic carbocycles. The summed E-state index contributed by atoms with van der Waals surface area (Å²) in [6.07, 6.45) is 1.99. The lowest BCUT2D eigenvalue weighted by Crippen LogP contribution is -2.29. The molecular formula is C9H11N3O7. The third-order valence-corrected chi connectivity index (χ3v) is 1.90. The quantitative estimate of drug-likeness (QED) is 0.466. The predicted octanol–water partition coefficient (Wildman–Crippen LogP) is 0.383. The van der Waals surface area contributed by atoms with Crippen molar-refractivity contribution in [3.63, 3.8) is 0 Å². The zero-order valence-corrected chi connectivity index (χ0v) is 9.71. The second-order valence-electron chi connectivity index (χ2n) is 3.35. The molecule has 1 aromatic heterocycles. The number of hydrogen-bond donors (Lipinski definition) is 0. The Kier molecular flexibility index (Phi) is 5.95. The summed E-state index contributed by atoms with van der Waals surface area (Å²) in [6, 6.07) is 3.46. The third kappa shape index (κ3) is 6.73. The highest BCUT2D eigenvalue weighted by Gasteiger charge is 2.16. The van der Waals surface area contributed by atoms with Gasteiger partial charge in [0.15, 0.2) is 6.10 Å². The average Bonchev–Trinajstić information content (AvgIpc) is 2.36. The van der Waals surface area contributed by atoms with Crippen LogP contribution in [0.25, 0.3) is 0 Å². The van der Waals surface area contributed by atoms with Crippen molar-refractivity contribution >= 4 is 0 Å². The minimum Gasteiger partial charge on any atom is -0.374 e. The Balaban J connectivity index is 2.35. The zero-order valence-electron chi connectivity index (χ0n) is 9.71. The van der Waals surface area contributed by atoms with E-state index in [-0.39, 0.29) is 13.2 Å². The molecule has 0 aliphatic carbocycles. The van der Waals surface area contributed by atoms with Crippen molar-refractivity contribution in [2.45, 2.75) is 12.7 Å². The van der Waals surface area contributed by atoms with Crippen LogP contribution in [0, 0.1) is 20.2 Å². The number of ether oxygens (including phenoxy) is 1. The topological polar surface area (TPSA) is 127 Å². The van der Waals surface area contributed by atoms with Gasteiger partial charge in [0.2, 0.25) is 0 Å². The van der Waals surface area contributed by atoms with Gasteiger partial charge in [0, 0.05) is 12.4 Å². The van der Waals surface area contributed by atoms with Gasteiger partial charge in [-0.05, 0) is 11.6 Å². The van der Waals surface area contributed by atoms with E-state index in [2.05, 4.69) is 14.7 Å². The molecule has 1 unspecified atom stereocenters. The molecule has 1 atom stereocenters. The SMILES string of the molecule is O=[N+]([O-])OCC(COCc1cccnc1)O[N+](=O)[O-]. The van der Waals surface area contributed by atoms with Crippen molar-refractivity contribution < 1.29 is 24.6 Å². The Morgan fingerprint density at radius 2 is 2.05 bits per heavy atom. The summed E-state index contributed by atoms with van der Waals surface area (Å²) in [5.41, 5.74) is 0.762. The molecule has 0 aliphatic heterocycles. The van der Waals surface area contributed by atoms with Crippen LogP contribution in [0.4, 0.5) is 0 Å². The van der Waals surface area contributed by atoms with Crippen molar-refractivity contribution in [3.05, 3.63) is 50.3 Å². The summed E-state index contributed by atoms with van der Waals surface area (Å²) in [4.78, 5) is 32.2. The molecule has 0 saturated carbocycles. The third-order valence-electron chi connectivity index (χ3n) is 1.90. The highest BCUT2D eigenvalue weighted by atomic mass is 17.0. The van der Waals surface area contributed by atoms with Gasteiger partial charge in [-0.25, -0.2) is 0 Å². The molecule has 1 heterocycles. The first-order valence-electron chi connectivity index (χ1n) is 5.13. The lowest BCUT2D eigenvalue weighted by Gasteiger charge is -2.13. The number of nitrogens with zero attached hydrogens (tertiary/aromatic N) is 3. The maximum Gasteiger partial charge on any atom is 0.294 e. The normalized spacial score (nSPS) is 11.6. The molecule has 0 fully saturated rings. The fourth-order valence-electron chi connectivity index (χ4n) is 1.17. The number of pyridine rings is 1. The fraction of sp³-hybridized carbons (Fsp3) is 0.444. The van der Waals surface area contributed by atoms with E-state index in [9.17, 15) is 20.2 Å². The van der Waals surface area contributed by atoms with Gasteiger partial charge in [-0.2, -0.15) is 0 Å². The maximum atomic E-state index is 10.2. The number of rotatable bonds is 9. The highest BCUT2D eigenvalue weighted by molar-refractivity contribution is 5.06. The van der Waals surface area contributed by atoms with Gasteiger partial charge < -0.3 is 14.4 Å². The molecular weight excluding hydrogens is 262 g/mol. The minimum atomic E-state index is -1.17. The second-order valence-corrected chi connectivity index (χ2v) is 3.35. The number of hydrogen-bond acceptors (Lipinski definition) is 8. The van der Waals surface area contributed by atoms with E-state index in [4.69, 9.17) is 4.74 Å². The molecule has 0 spiro atoms. The molecule has 0 radical (unpaired) electrons. The van der Waals surface area contributed by atoms with Crippen molar-refractivity contribution in [2.75, 3.05) is 13.2 Å². The number of aromatic nitrogens is 1. The molecule has 0 N–H and O–H groups in total. The van der Waals surface area contributed by atoms with E-state index in [0.717, 1.165) is 5.56 Å². The van der Waals surface area contributed by atoms with Gasteiger partial charge in [-0.3, -0.25) is 4.98 Å². The van der Waals surface area contributed by atoms with Crippen LogP contribution in [-0.2, 0) is 21.0 Å². The molecule has 0 saturated heterocycles. The molecule has 1 aromatic rings. The summed E-state index contributed by atoms with van der Waals surface area (Å²) in [7, 11) is 0. The lowest BCUT2D eigenvalue weighted by molar-refractivity contribution is -0.790. The first kappa shape index (κ1) is 14.6. The Bertz CT molecular complexity index is 414. The maximum absolute atomic E-state index is 10.2. The van der Waals surface area contributed by atoms with E-state index < -0.39 is 22.9 Å². The van der Waals surface area contributed by atoms with Crippen LogP contribution in [0.5, 0.6) is 0 Å². The molecule has 104 valence electrons. The fourth-order valence-corrected chi connectivity index (χ4v) is 1.17. The first-order chi connectivity index (χ1) is 9.08. The minimum absolute atomic E-state index is 0.157. The Morgan fingerprint density at radius 1 is 1.26 bits per heavy atom. The molecule has 0 bridgehead atoms. The van der Waals surface area contributed by atoms with E-state index in [1.807, 2.05) is 0 Å². The van der Waals surface area contributed by atoms with Crippen LogP contribution in [0.15, 0.2) is 24.5 Å². The summed E-state index contributed by atoms with van der Waals surface area (Å²) in [6.45, 7) is -0.644. The van der Waals surface area contributed by atoms with E-state index in [1.165, 1.54) is 0 Å². The molecule has 19 heavy (non-hydrogen) atoms. The second kappa shape index (κ2) is 7.76. The van der Waals surface area contributed by atoms with Crippen LogP contribution in [0.2, 0.25) is 0 Å². The Hall–Kier alpha value is -2.49. The summed E-state index contributed by atoms with van der Waals surface area (Å²) >= 11 is 0. The van der Waals surface area contributed by atoms with Crippen molar-refractivity contribution in [2.24, 2.45) is 0 Å². The summed E-state index contributed by atoms with van der Waals surface area (Å²) in [5, 5.41) is 18.1.